The number of fused-ring (bicyclic) bond motifs is 2. The molecular weight excluding hydrogens is 404 g/mol. The average Bonchev–Trinajstić information content (AvgIpc) is 2.84. The third-order valence-electron chi connectivity index (χ3n) is 5.19. The molecule has 0 bridgehead atoms. The van der Waals surface area contributed by atoms with Gasteiger partial charge in [0.25, 0.3) is 6.43 Å². The van der Waals surface area contributed by atoms with E-state index < -0.39 is 16.4 Å². The van der Waals surface area contributed by atoms with Crippen molar-refractivity contribution in [2.45, 2.75) is 19.3 Å². The Bertz CT molecular complexity index is 1230. The molecule has 1 N–H and O–H groups in total. The Kier molecular flexibility index (Phi) is 5.43. The number of hydrogen-bond acceptors (Lipinski definition) is 2. The molecule has 0 saturated heterocycles. The van der Waals surface area contributed by atoms with Crippen molar-refractivity contribution in [2.24, 2.45) is 0 Å². The van der Waals surface area contributed by atoms with Crippen LogP contribution in [-0.2, 0) is 22.9 Å². The highest BCUT2D eigenvalue weighted by atomic mass is 32.2. The number of anilines is 1. The summed E-state index contributed by atoms with van der Waals surface area (Å²) in [6, 6.07) is 20.0. The van der Waals surface area contributed by atoms with Crippen LogP contribution in [0.15, 0.2) is 66.7 Å². The zero-order valence-electron chi connectivity index (χ0n) is 16.4. The predicted octanol–water partition coefficient (Wildman–Crippen LogP) is 5.68. The highest BCUT2D eigenvalue weighted by Crippen LogP contribution is 2.38. The maximum absolute atomic E-state index is 13.7. The highest BCUT2D eigenvalue weighted by molar-refractivity contribution is 7.92. The molecular formula is C24H21F2NO2S. The lowest BCUT2D eigenvalue weighted by molar-refractivity contribution is 0.150. The van der Waals surface area contributed by atoms with E-state index in [1.54, 1.807) is 24.3 Å². The van der Waals surface area contributed by atoms with Crippen LogP contribution in [0.2, 0.25) is 0 Å². The van der Waals surface area contributed by atoms with Crippen molar-refractivity contribution >= 4 is 27.4 Å². The number of hydrogen-bond donors (Lipinski definition) is 1. The van der Waals surface area contributed by atoms with Crippen LogP contribution in [0.25, 0.3) is 11.6 Å². The summed E-state index contributed by atoms with van der Waals surface area (Å²) in [5, 5.41) is 0. The molecule has 3 aromatic rings. The summed E-state index contributed by atoms with van der Waals surface area (Å²) in [6.45, 7) is 0. The largest absolute Gasteiger partial charge is 0.284 e. The van der Waals surface area contributed by atoms with Crippen molar-refractivity contribution in [2.75, 3.05) is 11.0 Å². The van der Waals surface area contributed by atoms with E-state index in [4.69, 9.17) is 0 Å². The zero-order chi connectivity index (χ0) is 21.3. The van der Waals surface area contributed by atoms with Crippen LogP contribution in [0.1, 0.15) is 39.8 Å². The first-order valence-electron chi connectivity index (χ1n) is 9.60. The van der Waals surface area contributed by atoms with Crippen molar-refractivity contribution in [3.05, 3.63) is 100 Å². The van der Waals surface area contributed by atoms with Crippen LogP contribution in [0, 0.1) is 0 Å². The summed E-state index contributed by atoms with van der Waals surface area (Å²) in [5.74, 6) is 0. The van der Waals surface area contributed by atoms with Crippen LogP contribution >= 0.6 is 0 Å². The van der Waals surface area contributed by atoms with Crippen molar-refractivity contribution in [3.8, 4) is 0 Å². The fourth-order valence-electron chi connectivity index (χ4n) is 3.97. The SMILES string of the molecule is CS(=O)(=O)Nc1cccc(/C=C2/c3ccccc3CCc3c2cccc3C(F)F)c1. The topological polar surface area (TPSA) is 46.2 Å². The molecule has 0 saturated carbocycles. The fraction of sp³-hybridized carbons (Fsp3) is 0.167. The minimum absolute atomic E-state index is 0.0682. The van der Waals surface area contributed by atoms with Gasteiger partial charge in [0.15, 0.2) is 0 Å². The van der Waals surface area contributed by atoms with Crippen molar-refractivity contribution in [3.63, 3.8) is 0 Å². The maximum Gasteiger partial charge on any atom is 0.264 e. The van der Waals surface area contributed by atoms with Crippen molar-refractivity contribution in [1.29, 1.82) is 0 Å². The minimum Gasteiger partial charge on any atom is -0.284 e. The number of sulfonamides is 1. The van der Waals surface area contributed by atoms with Crippen LogP contribution in [-0.4, -0.2) is 14.7 Å². The minimum atomic E-state index is -3.40. The third kappa shape index (κ3) is 4.28. The highest BCUT2D eigenvalue weighted by Gasteiger charge is 2.23. The number of halogens is 2. The van der Waals surface area contributed by atoms with E-state index in [0.29, 0.717) is 24.1 Å². The van der Waals surface area contributed by atoms with Gasteiger partial charge >= 0.3 is 0 Å². The second-order valence-corrected chi connectivity index (χ2v) is 9.14. The third-order valence-corrected chi connectivity index (χ3v) is 5.80. The monoisotopic (exact) mass is 425 g/mol. The molecule has 3 nitrogen and oxygen atoms in total. The fourth-order valence-corrected chi connectivity index (χ4v) is 4.53. The molecule has 4 rings (SSSR count). The average molecular weight is 426 g/mol. The lowest BCUT2D eigenvalue weighted by Gasteiger charge is -2.15. The number of aryl methyl sites for hydroxylation is 1. The normalized spacial score (nSPS) is 14.9. The van der Waals surface area contributed by atoms with Crippen LogP contribution in [0.4, 0.5) is 14.5 Å². The van der Waals surface area contributed by atoms with Gasteiger partial charge in [-0.2, -0.15) is 0 Å². The van der Waals surface area contributed by atoms with Gasteiger partial charge < -0.3 is 0 Å². The summed E-state index contributed by atoms with van der Waals surface area (Å²) in [7, 11) is -3.40. The molecule has 0 atom stereocenters. The molecule has 0 fully saturated rings. The van der Waals surface area contributed by atoms with E-state index in [9.17, 15) is 17.2 Å². The molecule has 0 heterocycles. The second kappa shape index (κ2) is 8.03. The van der Waals surface area contributed by atoms with E-state index in [1.807, 2.05) is 42.5 Å². The van der Waals surface area contributed by atoms with E-state index in [2.05, 4.69) is 4.72 Å². The number of alkyl halides is 2. The molecule has 6 heteroatoms. The lowest BCUT2D eigenvalue weighted by Crippen LogP contribution is -2.09. The van der Waals surface area contributed by atoms with Crippen LogP contribution in [0.5, 0.6) is 0 Å². The number of benzene rings is 3. The molecule has 30 heavy (non-hydrogen) atoms. The Morgan fingerprint density at radius 3 is 2.43 bits per heavy atom. The summed E-state index contributed by atoms with van der Waals surface area (Å²) in [4.78, 5) is 0. The molecule has 0 aliphatic heterocycles. The summed E-state index contributed by atoms with van der Waals surface area (Å²) in [6.07, 6.45) is 1.72. The van der Waals surface area contributed by atoms with E-state index in [-0.39, 0.29) is 5.56 Å². The van der Waals surface area contributed by atoms with Crippen molar-refractivity contribution in [1.82, 2.24) is 0 Å². The van der Waals surface area contributed by atoms with Gasteiger partial charge in [-0.15, -0.1) is 0 Å². The Morgan fingerprint density at radius 1 is 0.933 bits per heavy atom. The summed E-state index contributed by atoms with van der Waals surface area (Å²) >= 11 is 0. The molecule has 0 spiro atoms. The molecule has 0 radical (unpaired) electrons. The summed E-state index contributed by atoms with van der Waals surface area (Å²) < 4.78 is 53.0. The van der Waals surface area contributed by atoms with E-state index in [1.165, 1.54) is 6.07 Å². The molecule has 0 aromatic heterocycles. The second-order valence-electron chi connectivity index (χ2n) is 7.39. The van der Waals surface area contributed by atoms with Gasteiger partial charge in [-0.1, -0.05) is 54.6 Å². The van der Waals surface area contributed by atoms with Crippen molar-refractivity contribution < 1.29 is 17.2 Å². The quantitative estimate of drug-likeness (QED) is 0.584. The van der Waals surface area contributed by atoms with E-state index >= 15 is 0 Å². The lowest BCUT2D eigenvalue weighted by atomic mass is 9.90. The van der Waals surface area contributed by atoms with Gasteiger partial charge in [-0.3, -0.25) is 4.72 Å². The van der Waals surface area contributed by atoms with Gasteiger partial charge in [0.05, 0.1) is 6.26 Å². The van der Waals surface area contributed by atoms with Crippen LogP contribution < -0.4 is 4.72 Å². The molecule has 0 unspecified atom stereocenters. The standard InChI is InChI=1S/C24H21F2NO2S/c1-30(28,29)27-18-8-4-6-16(14-18)15-23-19-9-3-2-7-17(19)12-13-21-20(23)10-5-11-22(21)24(25)26/h2-11,14-15,24,27H,12-13H2,1H3/b23-15-. The molecule has 0 amide bonds. The Labute approximate surface area is 175 Å². The van der Waals surface area contributed by atoms with Gasteiger partial charge in [-0.25, -0.2) is 17.2 Å². The predicted molar refractivity (Wildman–Crippen MR) is 117 cm³/mol. The Morgan fingerprint density at radius 2 is 1.67 bits per heavy atom. The van der Waals surface area contributed by atoms with Crippen LogP contribution in [0.3, 0.4) is 0 Å². The zero-order valence-corrected chi connectivity index (χ0v) is 17.2. The first-order chi connectivity index (χ1) is 14.3. The van der Waals surface area contributed by atoms with Gasteiger partial charge in [-0.05, 0) is 64.4 Å². The van der Waals surface area contributed by atoms with Gasteiger partial charge in [0.1, 0.15) is 0 Å². The number of rotatable bonds is 4. The van der Waals surface area contributed by atoms with E-state index in [0.717, 1.165) is 34.1 Å². The maximum atomic E-state index is 13.7. The molecule has 1 aliphatic rings. The molecule has 1 aliphatic carbocycles. The van der Waals surface area contributed by atoms with Gasteiger partial charge in [0.2, 0.25) is 10.0 Å². The first-order valence-corrected chi connectivity index (χ1v) is 11.5. The Balaban J connectivity index is 1.91. The smallest absolute Gasteiger partial charge is 0.264 e. The van der Waals surface area contributed by atoms with Gasteiger partial charge in [0, 0.05) is 11.3 Å². The Hall–Kier alpha value is -2.99. The first kappa shape index (κ1) is 20.3. The number of nitrogens with one attached hydrogen (secondary N) is 1. The molecule has 3 aromatic carbocycles. The summed E-state index contributed by atoms with van der Waals surface area (Å²) in [5.41, 5.74) is 5.73. The molecule has 154 valence electrons.